The molecule has 1 amide bonds. The van der Waals surface area contributed by atoms with Crippen molar-refractivity contribution in [1.82, 2.24) is 20.1 Å². The van der Waals surface area contributed by atoms with Crippen LogP contribution in [-0.2, 0) is 24.8 Å². The van der Waals surface area contributed by atoms with Gasteiger partial charge in [0.05, 0.1) is 19.9 Å². The van der Waals surface area contributed by atoms with Gasteiger partial charge in [0.25, 0.3) is 5.56 Å². The Kier molecular flexibility index (Phi) is 5.91. The standard InChI is InChI=1S/C21H26N4O4/c1-12-16(21(27)23-20-19(12)13(2)24-25(20)3)7-9-18(26)22-11-14-10-15(28-4)6-8-17(14)29-5/h6,8,10H,7,9,11H2,1-5H3,(H,22,26)(H,23,27). The van der Waals surface area contributed by atoms with Gasteiger partial charge in [0.15, 0.2) is 0 Å². The molecular weight excluding hydrogens is 372 g/mol. The fourth-order valence-electron chi connectivity index (χ4n) is 3.60. The Morgan fingerprint density at radius 1 is 1.24 bits per heavy atom. The maximum absolute atomic E-state index is 12.5. The van der Waals surface area contributed by atoms with Crippen molar-refractivity contribution in [3.8, 4) is 11.5 Å². The first-order valence-electron chi connectivity index (χ1n) is 9.38. The fraction of sp³-hybridized carbons (Fsp3) is 0.381. The van der Waals surface area contributed by atoms with E-state index < -0.39 is 0 Å². The van der Waals surface area contributed by atoms with E-state index in [2.05, 4.69) is 15.4 Å². The van der Waals surface area contributed by atoms with Gasteiger partial charge < -0.3 is 19.8 Å². The van der Waals surface area contributed by atoms with Crippen molar-refractivity contribution >= 4 is 16.9 Å². The minimum Gasteiger partial charge on any atom is -0.497 e. The minimum absolute atomic E-state index is 0.142. The summed E-state index contributed by atoms with van der Waals surface area (Å²) >= 11 is 0. The number of aromatic nitrogens is 3. The van der Waals surface area contributed by atoms with E-state index in [1.165, 1.54) is 0 Å². The highest BCUT2D eigenvalue weighted by Gasteiger charge is 2.16. The van der Waals surface area contributed by atoms with Crippen molar-refractivity contribution in [2.24, 2.45) is 7.05 Å². The van der Waals surface area contributed by atoms with E-state index in [-0.39, 0.29) is 17.9 Å². The van der Waals surface area contributed by atoms with Crippen LogP contribution >= 0.6 is 0 Å². The van der Waals surface area contributed by atoms with Crippen LogP contribution in [0, 0.1) is 13.8 Å². The largest absolute Gasteiger partial charge is 0.497 e. The number of methoxy groups -OCH3 is 2. The van der Waals surface area contributed by atoms with Gasteiger partial charge in [0, 0.05) is 36.5 Å². The van der Waals surface area contributed by atoms with E-state index in [0.717, 1.165) is 22.2 Å². The quantitative estimate of drug-likeness (QED) is 0.635. The summed E-state index contributed by atoms with van der Waals surface area (Å²) in [7, 11) is 4.97. The number of pyridine rings is 1. The molecule has 2 heterocycles. The van der Waals surface area contributed by atoms with Gasteiger partial charge in [-0.15, -0.1) is 0 Å². The minimum atomic E-state index is -0.180. The van der Waals surface area contributed by atoms with Crippen molar-refractivity contribution in [3.63, 3.8) is 0 Å². The Balaban J connectivity index is 1.70. The highest BCUT2D eigenvalue weighted by Crippen LogP contribution is 2.24. The Bertz CT molecular complexity index is 1110. The Morgan fingerprint density at radius 2 is 2.00 bits per heavy atom. The number of nitrogens with one attached hydrogen (secondary N) is 2. The van der Waals surface area contributed by atoms with Crippen LogP contribution in [-0.4, -0.2) is 34.9 Å². The summed E-state index contributed by atoms with van der Waals surface area (Å²) < 4.78 is 12.2. The second-order valence-electron chi connectivity index (χ2n) is 6.94. The van der Waals surface area contributed by atoms with Crippen LogP contribution in [0.1, 0.15) is 28.8 Å². The molecule has 8 nitrogen and oxygen atoms in total. The molecule has 0 saturated heterocycles. The van der Waals surface area contributed by atoms with Crippen LogP contribution in [0.2, 0.25) is 0 Å². The van der Waals surface area contributed by atoms with Gasteiger partial charge in [-0.1, -0.05) is 0 Å². The maximum Gasteiger partial charge on any atom is 0.253 e. The van der Waals surface area contributed by atoms with Crippen LogP contribution in [0.3, 0.4) is 0 Å². The SMILES string of the molecule is COc1ccc(OC)c(CNC(=O)CCc2c(C)c3c(C)nn(C)c3[nH]c2=O)c1. The molecular formula is C21H26N4O4. The van der Waals surface area contributed by atoms with Gasteiger partial charge >= 0.3 is 0 Å². The van der Waals surface area contributed by atoms with Gasteiger partial charge in [-0.25, -0.2) is 0 Å². The number of H-pyrrole nitrogens is 1. The molecule has 29 heavy (non-hydrogen) atoms. The first kappa shape index (κ1) is 20.4. The Hall–Kier alpha value is -3.29. The number of fused-ring (bicyclic) bond motifs is 1. The van der Waals surface area contributed by atoms with Crippen molar-refractivity contribution < 1.29 is 14.3 Å². The third-order valence-corrected chi connectivity index (χ3v) is 5.12. The number of ether oxygens (including phenoxy) is 2. The summed E-state index contributed by atoms with van der Waals surface area (Å²) in [4.78, 5) is 27.8. The molecule has 0 atom stereocenters. The number of hydrogen-bond acceptors (Lipinski definition) is 5. The molecule has 0 spiro atoms. The van der Waals surface area contributed by atoms with E-state index in [9.17, 15) is 9.59 Å². The zero-order valence-electron chi connectivity index (χ0n) is 17.4. The molecule has 8 heteroatoms. The average molecular weight is 398 g/mol. The van der Waals surface area contributed by atoms with Gasteiger partial charge in [-0.2, -0.15) is 5.10 Å². The molecule has 0 fully saturated rings. The number of nitrogens with zero attached hydrogens (tertiary/aromatic N) is 2. The van der Waals surface area contributed by atoms with Gasteiger partial charge in [-0.05, 0) is 44.0 Å². The van der Waals surface area contributed by atoms with E-state index >= 15 is 0 Å². The zero-order chi connectivity index (χ0) is 21.1. The number of benzene rings is 1. The lowest BCUT2D eigenvalue weighted by molar-refractivity contribution is -0.121. The molecule has 0 unspecified atom stereocenters. The molecule has 0 bridgehead atoms. The lowest BCUT2D eigenvalue weighted by atomic mass is 10.0. The normalized spacial score (nSPS) is 10.9. The van der Waals surface area contributed by atoms with Crippen LogP contribution in [0.5, 0.6) is 11.5 Å². The molecule has 2 N–H and O–H groups in total. The van der Waals surface area contributed by atoms with Crippen LogP contribution < -0.4 is 20.3 Å². The number of carbonyl (C=O) groups excluding carboxylic acids is 1. The monoisotopic (exact) mass is 398 g/mol. The van der Waals surface area contributed by atoms with E-state index in [4.69, 9.17) is 9.47 Å². The van der Waals surface area contributed by atoms with E-state index in [0.29, 0.717) is 35.7 Å². The molecule has 3 aromatic rings. The van der Waals surface area contributed by atoms with Gasteiger partial charge in [0.2, 0.25) is 5.91 Å². The molecule has 0 radical (unpaired) electrons. The lowest BCUT2D eigenvalue weighted by Crippen LogP contribution is -2.25. The van der Waals surface area contributed by atoms with Crippen LogP contribution in [0.15, 0.2) is 23.0 Å². The maximum atomic E-state index is 12.5. The molecule has 0 aliphatic rings. The average Bonchev–Trinajstić information content (AvgIpc) is 2.99. The molecule has 0 aliphatic heterocycles. The first-order valence-corrected chi connectivity index (χ1v) is 9.38. The van der Waals surface area contributed by atoms with Crippen LogP contribution in [0.4, 0.5) is 0 Å². The topological polar surface area (TPSA) is 98.2 Å². The second kappa shape index (κ2) is 8.38. The summed E-state index contributed by atoms with van der Waals surface area (Å²) in [6, 6.07) is 5.43. The van der Waals surface area contributed by atoms with Crippen molar-refractivity contribution in [1.29, 1.82) is 0 Å². The third-order valence-electron chi connectivity index (χ3n) is 5.12. The summed E-state index contributed by atoms with van der Waals surface area (Å²) in [5.74, 6) is 1.23. The van der Waals surface area contributed by atoms with Crippen molar-refractivity contribution in [3.05, 3.63) is 50.9 Å². The molecule has 1 aromatic carbocycles. The van der Waals surface area contributed by atoms with Gasteiger partial charge in [0.1, 0.15) is 17.1 Å². The van der Waals surface area contributed by atoms with E-state index in [1.807, 2.05) is 19.9 Å². The molecule has 0 saturated carbocycles. The second-order valence-corrected chi connectivity index (χ2v) is 6.94. The number of hydrogen-bond donors (Lipinski definition) is 2. The highest BCUT2D eigenvalue weighted by molar-refractivity contribution is 5.83. The summed E-state index contributed by atoms with van der Waals surface area (Å²) in [6.45, 7) is 4.13. The third kappa shape index (κ3) is 4.11. The Labute approximate surface area is 168 Å². The predicted octanol–water partition coefficient (Wildman–Crippen LogP) is 2.14. The number of rotatable bonds is 7. The highest BCUT2D eigenvalue weighted by atomic mass is 16.5. The lowest BCUT2D eigenvalue weighted by Gasteiger charge is -2.12. The van der Waals surface area contributed by atoms with Crippen LogP contribution in [0.25, 0.3) is 11.0 Å². The fourth-order valence-corrected chi connectivity index (χ4v) is 3.60. The first-order chi connectivity index (χ1) is 13.8. The van der Waals surface area contributed by atoms with E-state index in [1.54, 1.807) is 38.1 Å². The summed E-state index contributed by atoms with van der Waals surface area (Å²) in [5, 5.41) is 8.18. The number of amides is 1. The van der Waals surface area contributed by atoms with Crippen molar-refractivity contribution in [2.45, 2.75) is 33.2 Å². The Morgan fingerprint density at radius 3 is 2.69 bits per heavy atom. The zero-order valence-corrected chi connectivity index (χ0v) is 17.4. The molecule has 154 valence electrons. The number of aryl methyl sites for hydroxylation is 3. The molecule has 2 aromatic heterocycles. The smallest absolute Gasteiger partial charge is 0.253 e. The predicted molar refractivity (Wildman–Crippen MR) is 111 cm³/mol. The summed E-state index contributed by atoms with van der Waals surface area (Å²) in [6.07, 6.45) is 0.563. The summed E-state index contributed by atoms with van der Waals surface area (Å²) in [5.41, 5.74) is 3.68. The van der Waals surface area contributed by atoms with Gasteiger partial charge in [-0.3, -0.25) is 14.3 Å². The molecule has 0 aliphatic carbocycles. The van der Waals surface area contributed by atoms with Crippen molar-refractivity contribution in [2.75, 3.05) is 14.2 Å². The number of aromatic amines is 1. The number of carbonyl (C=O) groups is 1. The molecule has 3 rings (SSSR count).